The molecule has 6 nitrogen and oxygen atoms in total. The minimum absolute atomic E-state index is 0.0359. The third-order valence-corrected chi connectivity index (χ3v) is 5.01. The fourth-order valence-corrected chi connectivity index (χ4v) is 3.77. The number of likely N-dealkylation sites (tertiary alicyclic amines) is 1. The molecule has 124 valence electrons. The van der Waals surface area contributed by atoms with Crippen LogP contribution in [0.4, 0.5) is 0 Å². The number of β-amino-alcohol motifs (C(OH)–C–C–N with tert-alkyl or cyclic N) is 1. The van der Waals surface area contributed by atoms with Crippen LogP contribution in [0.1, 0.15) is 40.0 Å². The predicted molar refractivity (Wildman–Crippen MR) is 82.9 cm³/mol. The van der Waals surface area contributed by atoms with Gasteiger partial charge in [0.2, 0.25) is 0 Å². The lowest BCUT2D eigenvalue weighted by molar-refractivity contribution is -0.00354. The molecule has 0 aliphatic carbocycles. The van der Waals surface area contributed by atoms with Crippen molar-refractivity contribution in [2.24, 2.45) is 0 Å². The summed E-state index contributed by atoms with van der Waals surface area (Å²) >= 11 is 6.11. The zero-order valence-electron chi connectivity index (χ0n) is 12.5. The van der Waals surface area contributed by atoms with E-state index in [-0.39, 0.29) is 28.6 Å². The molecule has 1 aromatic rings. The number of carbonyl (C=O) groups excluding carboxylic acids is 1. The number of hydrogen-bond acceptors (Lipinski definition) is 4. The highest BCUT2D eigenvalue weighted by molar-refractivity contribution is 6.34. The third-order valence-electron chi connectivity index (χ3n) is 4.70. The Labute approximate surface area is 138 Å². The minimum atomic E-state index is -1.09. The highest BCUT2D eigenvalue weighted by Crippen LogP contribution is 2.39. The lowest BCUT2D eigenvalue weighted by Gasteiger charge is -2.41. The SMILES string of the molecule is O=C(O)c1ccc(C(=O)N2CC(O)CC23CCOCC3)c(Cl)c1. The molecule has 1 atom stereocenters. The van der Waals surface area contributed by atoms with E-state index in [1.54, 1.807) is 4.90 Å². The molecule has 2 heterocycles. The van der Waals surface area contributed by atoms with Gasteiger partial charge < -0.3 is 19.8 Å². The number of amides is 1. The van der Waals surface area contributed by atoms with Crippen LogP contribution < -0.4 is 0 Å². The van der Waals surface area contributed by atoms with Crippen LogP contribution in [-0.2, 0) is 4.74 Å². The number of benzene rings is 1. The highest BCUT2D eigenvalue weighted by atomic mass is 35.5. The van der Waals surface area contributed by atoms with Crippen molar-refractivity contribution in [2.45, 2.75) is 30.9 Å². The van der Waals surface area contributed by atoms with Crippen LogP contribution in [0.15, 0.2) is 18.2 Å². The molecule has 0 radical (unpaired) electrons. The number of ether oxygens (including phenoxy) is 1. The number of rotatable bonds is 2. The molecule has 1 amide bonds. The molecule has 2 N–H and O–H groups in total. The van der Waals surface area contributed by atoms with Gasteiger partial charge in [0, 0.05) is 19.8 Å². The third kappa shape index (κ3) is 2.94. The molecule has 2 aliphatic rings. The number of nitrogens with zero attached hydrogens (tertiary/aromatic N) is 1. The van der Waals surface area contributed by atoms with Gasteiger partial charge in [0.15, 0.2) is 0 Å². The summed E-state index contributed by atoms with van der Waals surface area (Å²) in [5.74, 6) is -1.37. The molecular formula is C16H18ClNO5. The highest BCUT2D eigenvalue weighted by Gasteiger charge is 2.48. The molecule has 1 unspecified atom stereocenters. The van der Waals surface area contributed by atoms with Crippen molar-refractivity contribution in [3.63, 3.8) is 0 Å². The molecule has 3 rings (SSSR count). The van der Waals surface area contributed by atoms with E-state index in [2.05, 4.69) is 0 Å². The Morgan fingerprint density at radius 2 is 2.00 bits per heavy atom. The molecule has 1 aromatic carbocycles. The lowest BCUT2D eigenvalue weighted by Crippen LogP contribution is -2.50. The number of hydrogen-bond donors (Lipinski definition) is 2. The Morgan fingerprint density at radius 1 is 1.30 bits per heavy atom. The van der Waals surface area contributed by atoms with E-state index in [0.717, 1.165) is 0 Å². The monoisotopic (exact) mass is 339 g/mol. The number of aromatic carboxylic acids is 1. The van der Waals surface area contributed by atoms with Gasteiger partial charge in [0.25, 0.3) is 5.91 Å². The molecule has 0 bridgehead atoms. The minimum Gasteiger partial charge on any atom is -0.478 e. The summed E-state index contributed by atoms with van der Waals surface area (Å²) in [4.78, 5) is 25.6. The Balaban J connectivity index is 1.91. The number of aliphatic hydroxyl groups is 1. The first-order chi connectivity index (χ1) is 10.9. The van der Waals surface area contributed by atoms with Crippen LogP contribution in [0.25, 0.3) is 0 Å². The molecule has 23 heavy (non-hydrogen) atoms. The molecule has 0 saturated carbocycles. The first-order valence-corrected chi connectivity index (χ1v) is 7.91. The molecule has 1 spiro atoms. The average Bonchev–Trinajstić information content (AvgIpc) is 2.83. The zero-order valence-corrected chi connectivity index (χ0v) is 13.3. The van der Waals surface area contributed by atoms with E-state index in [4.69, 9.17) is 21.4 Å². The Kier molecular flexibility index (Phi) is 4.31. The van der Waals surface area contributed by atoms with Gasteiger partial charge in [-0.15, -0.1) is 0 Å². The second-order valence-corrected chi connectivity index (χ2v) is 6.52. The van der Waals surface area contributed by atoms with E-state index in [1.165, 1.54) is 18.2 Å². The first-order valence-electron chi connectivity index (χ1n) is 7.54. The van der Waals surface area contributed by atoms with Gasteiger partial charge in [0.05, 0.1) is 27.8 Å². The maximum atomic E-state index is 12.9. The van der Waals surface area contributed by atoms with Crippen LogP contribution in [0.5, 0.6) is 0 Å². The summed E-state index contributed by atoms with van der Waals surface area (Å²) in [6, 6.07) is 4.08. The van der Waals surface area contributed by atoms with E-state index >= 15 is 0 Å². The molecular weight excluding hydrogens is 322 g/mol. The van der Waals surface area contributed by atoms with Gasteiger partial charge in [-0.2, -0.15) is 0 Å². The van der Waals surface area contributed by atoms with Gasteiger partial charge in [-0.3, -0.25) is 4.79 Å². The topological polar surface area (TPSA) is 87.1 Å². The van der Waals surface area contributed by atoms with Crippen LogP contribution in [0.2, 0.25) is 5.02 Å². The number of carbonyl (C=O) groups is 2. The van der Waals surface area contributed by atoms with Crippen molar-refractivity contribution in [1.82, 2.24) is 4.90 Å². The van der Waals surface area contributed by atoms with Gasteiger partial charge in [-0.1, -0.05) is 11.6 Å². The fraction of sp³-hybridized carbons (Fsp3) is 0.500. The van der Waals surface area contributed by atoms with Crippen LogP contribution in [-0.4, -0.2) is 58.4 Å². The molecule has 2 aliphatic heterocycles. The summed E-state index contributed by atoms with van der Waals surface area (Å²) in [6.07, 6.45) is 1.34. The van der Waals surface area contributed by atoms with Crippen LogP contribution in [0, 0.1) is 0 Å². The first kappa shape index (κ1) is 16.2. The van der Waals surface area contributed by atoms with E-state index in [0.29, 0.717) is 32.5 Å². The van der Waals surface area contributed by atoms with Crippen LogP contribution in [0.3, 0.4) is 0 Å². The molecule has 7 heteroatoms. The summed E-state index contributed by atoms with van der Waals surface area (Å²) in [5.41, 5.74) is -0.103. The van der Waals surface area contributed by atoms with Gasteiger partial charge in [-0.05, 0) is 37.5 Å². The summed E-state index contributed by atoms with van der Waals surface area (Å²) < 4.78 is 5.38. The molecule has 0 aromatic heterocycles. The Hall–Kier alpha value is -1.63. The fourth-order valence-electron chi connectivity index (χ4n) is 3.51. The van der Waals surface area contributed by atoms with Gasteiger partial charge in [0.1, 0.15) is 0 Å². The second kappa shape index (κ2) is 6.11. The molecule has 2 fully saturated rings. The maximum absolute atomic E-state index is 12.9. The van der Waals surface area contributed by atoms with E-state index in [9.17, 15) is 14.7 Å². The number of carboxylic acids is 1. The van der Waals surface area contributed by atoms with Gasteiger partial charge >= 0.3 is 5.97 Å². The van der Waals surface area contributed by atoms with Gasteiger partial charge in [-0.25, -0.2) is 4.79 Å². The quantitative estimate of drug-likeness (QED) is 0.857. The number of halogens is 1. The second-order valence-electron chi connectivity index (χ2n) is 6.11. The van der Waals surface area contributed by atoms with Crippen molar-refractivity contribution >= 4 is 23.5 Å². The maximum Gasteiger partial charge on any atom is 0.335 e. The Morgan fingerprint density at radius 3 is 2.61 bits per heavy atom. The number of carboxylic acid groups (broad SMARTS) is 1. The lowest BCUT2D eigenvalue weighted by atomic mass is 9.86. The number of aliphatic hydroxyl groups excluding tert-OH is 1. The van der Waals surface area contributed by atoms with Crippen LogP contribution >= 0.6 is 11.6 Å². The van der Waals surface area contributed by atoms with Crippen molar-refractivity contribution in [3.05, 3.63) is 34.3 Å². The van der Waals surface area contributed by atoms with Crippen molar-refractivity contribution < 1.29 is 24.5 Å². The summed E-state index contributed by atoms with van der Waals surface area (Å²) in [5, 5.41) is 19.1. The standard InChI is InChI=1S/C16H18ClNO5/c17-13-7-10(15(21)22)1-2-12(13)14(20)18-9-11(19)8-16(18)3-5-23-6-4-16/h1-2,7,11,19H,3-6,8-9H2,(H,21,22). The average molecular weight is 340 g/mol. The Bertz CT molecular complexity index is 641. The normalized spacial score (nSPS) is 23.2. The van der Waals surface area contributed by atoms with Crippen molar-refractivity contribution in [1.29, 1.82) is 0 Å². The summed E-state index contributed by atoms with van der Waals surface area (Å²) in [7, 11) is 0. The van der Waals surface area contributed by atoms with E-state index in [1.807, 2.05) is 0 Å². The van der Waals surface area contributed by atoms with Crippen molar-refractivity contribution in [3.8, 4) is 0 Å². The van der Waals surface area contributed by atoms with Crippen molar-refractivity contribution in [2.75, 3.05) is 19.8 Å². The molecule has 2 saturated heterocycles. The predicted octanol–water partition coefficient (Wildman–Crippen LogP) is 1.79. The summed E-state index contributed by atoms with van der Waals surface area (Å²) in [6.45, 7) is 1.38. The zero-order chi connectivity index (χ0) is 16.6. The van der Waals surface area contributed by atoms with E-state index < -0.39 is 17.6 Å². The smallest absolute Gasteiger partial charge is 0.335 e. The largest absolute Gasteiger partial charge is 0.478 e.